The zero-order chi connectivity index (χ0) is 15.2. The van der Waals surface area contributed by atoms with Gasteiger partial charge in [0.15, 0.2) is 0 Å². The smallest absolute Gasteiger partial charge is 0.309 e. The van der Waals surface area contributed by atoms with Gasteiger partial charge in [-0.05, 0) is 45.1 Å². The monoisotopic (exact) mass is 343 g/mol. The average Bonchev–Trinajstić information content (AvgIpc) is 2.37. The summed E-state index contributed by atoms with van der Waals surface area (Å²) in [6.07, 6.45) is -0.549. The summed E-state index contributed by atoms with van der Waals surface area (Å²) in [6, 6.07) is 5.30. The molecule has 0 saturated carbocycles. The number of hydrogen-bond acceptors (Lipinski definition) is 1. The third-order valence-electron chi connectivity index (χ3n) is 3.14. The molecule has 1 unspecified atom stereocenters. The van der Waals surface area contributed by atoms with Gasteiger partial charge in [-0.15, -0.1) is 24.0 Å². The van der Waals surface area contributed by atoms with Crippen molar-refractivity contribution >= 4 is 24.0 Å². The van der Waals surface area contributed by atoms with Crippen molar-refractivity contribution in [2.45, 2.75) is 37.2 Å². The fourth-order valence-corrected chi connectivity index (χ4v) is 2.29. The molecule has 0 spiro atoms. The Hall–Kier alpha value is -0.450. The number of halogens is 5. The van der Waals surface area contributed by atoms with Gasteiger partial charge < -0.3 is 4.90 Å². The first-order valence-electron chi connectivity index (χ1n) is 6.76. The minimum absolute atomic E-state index is 0. The van der Waals surface area contributed by atoms with Gasteiger partial charge in [-0.2, -0.15) is 13.2 Å². The topological polar surface area (TPSA) is 3.24 Å². The molecule has 1 nitrogen and oxygen atoms in total. The lowest BCUT2D eigenvalue weighted by Gasteiger charge is -2.13. The summed E-state index contributed by atoms with van der Waals surface area (Å²) in [7, 11) is 4.04. The molecular weight excluding hydrogens is 322 g/mol. The van der Waals surface area contributed by atoms with Crippen LogP contribution in [0.2, 0.25) is 0 Å². The molecule has 1 atom stereocenters. The Bertz CT molecular complexity index is 408. The van der Waals surface area contributed by atoms with Crippen LogP contribution in [0.1, 0.15) is 42.2 Å². The molecule has 0 aliphatic heterocycles. The minimum Gasteiger partial charge on any atom is -0.309 e. The number of benzene rings is 1. The highest BCUT2D eigenvalue weighted by molar-refractivity contribution is 6.20. The van der Waals surface area contributed by atoms with Crippen LogP contribution in [0.25, 0.3) is 0 Å². The maximum Gasteiger partial charge on any atom is 0.416 e. The number of nitrogens with zero attached hydrogens (tertiary/aromatic N) is 1. The molecule has 1 aromatic carbocycles. The molecule has 0 bridgehead atoms. The van der Waals surface area contributed by atoms with Crippen LogP contribution in [-0.2, 0) is 6.18 Å². The largest absolute Gasteiger partial charge is 0.416 e. The van der Waals surface area contributed by atoms with Crippen LogP contribution in [0.5, 0.6) is 0 Å². The van der Waals surface area contributed by atoms with Crippen LogP contribution in [0, 0.1) is 0 Å². The number of alkyl halides is 4. The van der Waals surface area contributed by atoms with Gasteiger partial charge in [-0.1, -0.05) is 31.0 Å². The van der Waals surface area contributed by atoms with E-state index >= 15 is 0 Å². The Morgan fingerprint density at radius 3 is 2.38 bits per heavy atom. The molecule has 0 saturated heterocycles. The standard InChI is InChI=1S/C15H21ClF3N.ClH/c1-20(2)10-5-3-4-9-14(16)12-7-6-8-13(11-12)15(17,18)19;/h6-8,11,14H,3-5,9-10H2,1-2H3;1H. The number of rotatable bonds is 7. The van der Waals surface area contributed by atoms with Crippen molar-refractivity contribution in [3.05, 3.63) is 35.4 Å². The van der Waals surface area contributed by atoms with Crippen LogP contribution in [0.3, 0.4) is 0 Å². The maximum absolute atomic E-state index is 12.6. The number of unbranched alkanes of at least 4 members (excludes halogenated alkanes) is 2. The summed E-state index contributed by atoms with van der Waals surface area (Å²) in [5, 5.41) is -0.350. The molecule has 0 amide bonds. The molecular formula is C15H22Cl2F3N. The SMILES string of the molecule is CN(C)CCCCCC(Cl)c1cccc(C(F)(F)F)c1.Cl. The molecule has 1 rings (SSSR count). The highest BCUT2D eigenvalue weighted by Crippen LogP contribution is 2.33. The normalized spacial score (nSPS) is 13.1. The van der Waals surface area contributed by atoms with Crippen LogP contribution in [-0.4, -0.2) is 25.5 Å². The van der Waals surface area contributed by atoms with E-state index in [2.05, 4.69) is 4.90 Å². The summed E-state index contributed by atoms with van der Waals surface area (Å²) in [6.45, 7) is 1.02. The van der Waals surface area contributed by atoms with E-state index in [4.69, 9.17) is 11.6 Å². The first-order valence-corrected chi connectivity index (χ1v) is 7.20. The summed E-state index contributed by atoms with van der Waals surface area (Å²) < 4.78 is 37.8. The fraction of sp³-hybridized carbons (Fsp3) is 0.600. The highest BCUT2D eigenvalue weighted by Gasteiger charge is 2.30. The molecule has 6 heteroatoms. The quantitative estimate of drug-likeness (QED) is 0.464. The van der Waals surface area contributed by atoms with Crippen molar-refractivity contribution in [2.24, 2.45) is 0 Å². The lowest BCUT2D eigenvalue weighted by Crippen LogP contribution is -2.12. The van der Waals surface area contributed by atoms with Crippen LogP contribution in [0.4, 0.5) is 13.2 Å². The molecule has 1 aromatic rings. The van der Waals surface area contributed by atoms with E-state index in [1.54, 1.807) is 6.07 Å². The van der Waals surface area contributed by atoms with Crippen LogP contribution >= 0.6 is 24.0 Å². The van der Waals surface area contributed by atoms with Gasteiger partial charge in [0.05, 0.1) is 10.9 Å². The summed E-state index contributed by atoms with van der Waals surface area (Å²) in [5.74, 6) is 0. The summed E-state index contributed by atoms with van der Waals surface area (Å²) >= 11 is 6.19. The van der Waals surface area contributed by atoms with Crippen molar-refractivity contribution in [1.29, 1.82) is 0 Å². The Labute approximate surface area is 135 Å². The zero-order valence-electron chi connectivity index (χ0n) is 12.3. The van der Waals surface area contributed by atoms with E-state index in [1.807, 2.05) is 14.1 Å². The first kappa shape index (κ1) is 20.6. The number of hydrogen-bond donors (Lipinski definition) is 0. The lowest BCUT2D eigenvalue weighted by atomic mass is 10.0. The lowest BCUT2D eigenvalue weighted by molar-refractivity contribution is -0.137. The van der Waals surface area contributed by atoms with E-state index in [-0.39, 0.29) is 17.8 Å². The van der Waals surface area contributed by atoms with Crippen molar-refractivity contribution in [1.82, 2.24) is 4.90 Å². The minimum atomic E-state index is -4.31. The molecule has 0 fully saturated rings. The van der Waals surface area contributed by atoms with E-state index in [9.17, 15) is 13.2 Å². The first-order chi connectivity index (χ1) is 9.30. The van der Waals surface area contributed by atoms with Gasteiger partial charge >= 0.3 is 6.18 Å². The van der Waals surface area contributed by atoms with Crippen molar-refractivity contribution < 1.29 is 13.2 Å². The second-order valence-electron chi connectivity index (χ2n) is 5.24. The molecule has 0 radical (unpaired) electrons. The maximum atomic E-state index is 12.6. The Morgan fingerprint density at radius 2 is 1.81 bits per heavy atom. The Morgan fingerprint density at radius 1 is 1.14 bits per heavy atom. The summed E-state index contributed by atoms with van der Waals surface area (Å²) in [4.78, 5) is 2.12. The molecule has 0 aromatic heterocycles. The van der Waals surface area contributed by atoms with Gasteiger partial charge in [-0.25, -0.2) is 0 Å². The zero-order valence-corrected chi connectivity index (χ0v) is 13.9. The molecule has 0 aliphatic carbocycles. The fourth-order valence-electron chi connectivity index (χ4n) is 2.00. The van der Waals surface area contributed by atoms with E-state index in [0.29, 0.717) is 12.0 Å². The molecule has 0 aliphatic rings. The van der Waals surface area contributed by atoms with E-state index in [1.165, 1.54) is 6.07 Å². The highest BCUT2D eigenvalue weighted by atomic mass is 35.5. The Kier molecular flexibility index (Phi) is 9.34. The van der Waals surface area contributed by atoms with Gasteiger partial charge in [0.2, 0.25) is 0 Å². The average molecular weight is 344 g/mol. The third kappa shape index (κ3) is 7.93. The molecule has 122 valence electrons. The second-order valence-corrected chi connectivity index (χ2v) is 5.77. The Balaban J connectivity index is 0.00000400. The summed E-state index contributed by atoms with van der Waals surface area (Å²) in [5.41, 5.74) is -0.0811. The van der Waals surface area contributed by atoms with Crippen LogP contribution in [0.15, 0.2) is 24.3 Å². The van der Waals surface area contributed by atoms with Crippen molar-refractivity contribution in [2.75, 3.05) is 20.6 Å². The van der Waals surface area contributed by atoms with Gasteiger partial charge in [-0.3, -0.25) is 0 Å². The predicted molar refractivity (Wildman–Crippen MR) is 84.3 cm³/mol. The van der Waals surface area contributed by atoms with E-state index < -0.39 is 11.7 Å². The van der Waals surface area contributed by atoms with Gasteiger partial charge in [0.1, 0.15) is 0 Å². The second kappa shape index (κ2) is 9.54. The van der Waals surface area contributed by atoms with Gasteiger partial charge in [0, 0.05) is 0 Å². The van der Waals surface area contributed by atoms with Crippen molar-refractivity contribution in [3.8, 4) is 0 Å². The molecule has 21 heavy (non-hydrogen) atoms. The van der Waals surface area contributed by atoms with Crippen molar-refractivity contribution in [3.63, 3.8) is 0 Å². The van der Waals surface area contributed by atoms with Gasteiger partial charge in [0.25, 0.3) is 0 Å². The van der Waals surface area contributed by atoms with Crippen LogP contribution < -0.4 is 0 Å². The predicted octanol–water partition coefficient (Wildman–Crippen LogP) is 5.53. The molecule has 0 N–H and O–H groups in total. The molecule has 0 heterocycles. The third-order valence-corrected chi connectivity index (χ3v) is 3.61. The van der Waals surface area contributed by atoms with E-state index in [0.717, 1.165) is 37.9 Å².